The van der Waals surface area contributed by atoms with Crippen molar-refractivity contribution in [1.29, 1.82) is 0 Å². The standard InChI is InChI=1S/C19H22N2O.H2O4S.5H2O/c1-2-13-12-21-10-8-14(13)11-18(21)19(22)16-7-9-20-17-6-4-3-5-15(16)17;1-5(2,3)4;;;;;/h2-7,9,13-14,18-19,22H,1,8,10-12H2;(H2,1,2,3,4);5*1H2/t13-,14-,18-,19+;;;;;;/m0....../s1. The third kappa shape index (κ3) is 8.14. The van der Waals surface area contributed by atoms with Crippen molar-refractivity contribution in [1.82, 2.24) is 9.88 Å². The fraction of sp³-hybridized carbons (Fsp3) is 0.421. The largest absolute Gasteiger partial charge is 0.412 e. The molecule has 0 aliphatic carbocycles. The van der Waals surface area contributed by atoms with Crippen molar-refractivity contribution in [3.05, 3.63) is 54.7 Å². The van der Waals surface area contributed by atoms with Gasteiger partial charge in [-0.2, -0.15) is 8.42 Å². The van der Waals surface area contributed by atoms with Crippen LogP contribution >= 0.6 is 0 Å². The van der Waals surface area contributed by atoms with E-state index in [1.54, 1.807) is 0 Å². The summed E-state index contributed by atoms with van der Waals surface area (Å²) in [6, 6.07) is 10.3. The molecule has 12 nitrogen and oxygen atoms in total. The van der Waals surface area contributed by atoms with Crippen molar-refractivity contribution in [3.63, 3.8) is 0 Å². The average Bonchev–Trinajstić information content (AvgIpc) is 2.66. The van der Waals surface area contributed by atoms with E-state index >= 15 is 0 Å². The Bertz CT molecular complexity index is 914. The van der Waals surface area contributed by atoms with Crippen LogP contribution < -0.4 is 0 Å². The Labute approximate surface area is 186 Å². The Morgan fingerprint density at radius 1 is 1.09 bits per heavy atom. The van der Waals surface area contributed by atoms with Gasteiger partial charge in [0, 0.05) is 24.2 Å². The fourth-order valence-corrected chi connectivity index (χ4v) is 4.29. The lowest BCUT2D eigenvalue weighted by molar-refractivity contribution is -0.0444. The summed E-state index contributed by atoms with van der Waals surface area (Å²) in [5.74, 6) is 1.27. The number of aliphatic hydroxyl groups excluding tert-OH is 1. The van der Waals surface area contributed by atoms with E-state index in [0.29, 0.717) is 11.8 Å². The lowest BCUT2D eigenvalue weighted by Crippen LogP contribution is -2.54. The highest BCUT2D eigenvalue weighted by Crippen LogP contribution is 2.41. The lowest BCUT2D eigenvalue weighted by Gasteiger charge is -2.50. The molecule has 1 aromatic heterocycles. The van der Waals surface area contributed by atoms with Crippen LogP contribution in [0.5, 0.6) is 0 Å². The van der Waals surface area contributed by atoms with Crippen molar-refractivity contribution < 1.29 is 50.0 Å². The van der Waals surface area contributed by atoms with E-state index in [0.717, 1.165) is 36.0 Å². The Morgan fingerprint density at radius 2 is 1.69 bits per heavy atom. The number of benzene rings is 1. The van der Waals surface area contributed by atoms with E-state index in [1.807, 2.05) is 30.5 Å². The van der Waals surface area contributed by atoms with Crippen molar-refractivity contribution >= 4 is 21.3 Å². The molecule has 3 aliphatic heterocycles. The normalized spacial score (nSPS) is 23.8. The van der Waals surface area contributed by atoms with E-state index < -0.39 is 16.5 Å². The summed E-state index contributed by atoms with van der Waals surface area (Å²) in [6.07, 6.45) is 5.76. The minimum atomic E-state index is -4.67. The number of pyridine rings is 1. The van der Waals surface area contributed by atoms with Gasteiger partial charge in [0.2, 0.25) is 0 Å². The number of piperidine rings is 3. The zero-order chi connectivity index (χ0) is 19.6. The van der Waals surface area contributed by atoms with Gasteiger partial charge in [-0.3, -0.25) is 19.0 Å². The Balaban J connectivity index is -0.000000768. The molecule has 0 saturated carbocycles. The molecular weight excluding hydrogens is 448 g/mol. The highest BCUT2D eigenvalue weighted by molar-refractivity contribution is 7.79. The minimum absolute atomic E-state index is 0. The number of rotatable bonds is 3. The summed E-state index contributed by atoms with van der Waals surface area (Å²) in [7, 11) is -4.67. The molecule has 1 unspecified atom stereocenters. The van der Waals surface area contributed by atoms with Crippen molar-refractivity contribution in [2.24, 2.45) is 11.8 Å². The monoisotopic (exact) mass is 482 g/mol. The van der Waals surface area contributed by atoms with Gasteiger partial charge < -0.3 is 32.5 Å². The van der Waals surface area contributed by atoms with Gasteiger partial charge in [0.05, 0.1) is 11.6 Å². The topological polar surface area (TPSA) is 268 Å². The summed E-state index contributed by atoms with van der Waals surface area (Å²) in [5.41, 5.74) is 1.97. The highest BCUT2D eigenvalue weighted by atomic mass is 32.3. The molecule has 186 valence electrons. The van der Waals surface area contributed by atoms with E-state index in [1.165, 1.54) is 6.42 Å². The van der Waals surface area contributed by atoms with Crippen molar-refractivity contribution in [2.75, 3.05) is 13.1 Å². The molecule has 2 aromatic rings. The molecule has 3 saturated heterocycles. The van der Waals surface area contributed by atoms with Crippen LogP contribution in [0.2, 0.25) is 0 Å². The van der Waals surface area contributed by atoms with E-state index in [-0.39, 0.29) is 33.4 Å². The maximum atomic E-state index is 11.0. The first-order chi connectivity index (χ1) is 12.8. The van der Waals surface area contributed by atoms with E-state index in [2.05, 4.69) is 28.6 Å². The van der Waals surface area contributed by atoms with Crippen LogP contribution in [0, 0.1) is 11.8 Å². The molecule has 13 N–H and O–H groups in total. The first-order valence-electron chi connectivity index (χ1n) is 8.86. The SMILES string of the molecule is C=C[C@H]1CN2CC[C@H]1C[C@H]2[C@H](O)c1ccnc2ccccc12.O.O.O.O.O.O=S(=O)(O)O. The van der Waals surface area contributed by atoms with Crippen molar-refractivity contribution in [3.8, 4) is 0 Å². The molecule has 32 heavy (non-hydrogen) atoms. The van der Waals surface area contributed by atoms with Crippen LogP contribution in [0.25, 0.3) is 10.9 Å². The van der Waals surface area contributed by atoms with Crippen LogP contribution in [0.4, 0.5) is 0 Å². The second-order valence-corrected chi connectivity index (χ2v) is 7.95. The zero-order valence-corrected chi connectivity index (χ0v) is 18.2. The molecule has 4 heterocycles. The molecule has 13 heteroatoms. The van der Waals surface area contributed by atoms with Crippen LogP contribution in [0.3, 0.4) is 0 Å². The number of aromatic nitrogens is 1. The van der Waals surface area contributed by atoms with Crippen LogP contribution in [-0.2, 0) is 10.4 Å². The molecule has 3 fully saturated rings. The average molecular weight is 483 g/mol. The summed E-state index contributed by atoms with van der Waals surface area (Å²) < 4.78 is 31.6. The minimum Gasteiger partial charge on any atom is -0.412 e. The van der Waals surface area contributed by atoms with Gasteiger partial charge in [-0.1, -0.05) is 24.3 Å². The number of aliphatic hydroxyl groups is 1. The number of fused-ring (bicyclic) bond motifs is 4. The molecule has 0 radical (unpaired) electrons. The summed E-state index contributed by atoms with van der Waals surface area (Å²) >= 11 is 0. The molecule has 3 aliphatic rings. The van der Waals surface area contributed by atoms with Gasteiger partial charge in [-0.25, -0.2) is 0 Å². The molecule has 0 amide bonds. The van der Waals surface area contributed by atoms with Crippen molar-refractivity contribution in [2.45, 2.75) is 25.0 Å². The lowest BCUT2D eigenvalue weighted by atomic mass is 9.73. The van der Waals surface area contributed by atoms with Gasteiger partial charge in [0.25, 0.3) is 0 Å². The molecule has 2 bridgehead atoms. The van der Waals surface area contributed by atoms with Gasteiger partial charge in [0.15, 0.2) is 0 Å². The van der Waals surface area contributed by atoms with Crippen LogP contribution in [-0.4, -0.2) is 79.0 Å². The van der Waals surface area contributed by atoms with Gasteiger partial charge >= 0.3 is 10.4 Å². The van der Waals surface area contributed by atoms with Gasteiger partial charge in [0.1, 0.15) is 0 Å². The molecule has 5 rings (SSSR count). The number of hydrogen-bond donors (Lipinski definition) is 3. The third-order valence-corrected chi connectivity index (χ3v) is 5.52. The molecule has 1 aromatic carbocycles. The quantitative estimate of drug-likeness (QED) is 0.339. The van der Waals surface area contributed by atoms with Crippen LogP contribution in [0.1, 0.15) is 24.5 Å². The summed E-state index contributed by atoms with van der Waals surface area (Å²) in [5, 5.41) is 12.1. The smallest absolute Gasteiger partial charge is 0.394 e. The highest BCUT2D eigenvalue weighted by Gasteiger charge is 2.42. The second-order valence-electron chi connectivity index (χ2n) is 7.06. The van der Waals surface area contributed by atoms with E-state index in [4.69, 9.17) is 17.5 Å². The first kappa shape index (κ1) is 34.6. The zero-order valence-electron chi connectivity index (χ0n) is 17.3. The number of para-hydroxylation sites is 1. The first-order valence-corrected chi connectivity index (χ1v) is 10.3. The summed E-state index contributed by atoms with van der Waals surface area (Å²) in [4.78, 5) is 6.86. The Morgan fingerprint density at radius 3 is 2.22 bits per heavy atom. The molecule has 5 atom stereocenters. The van der Waals surface area contributed by atoms with E-state index in [9.17, 15) is 5.11 Å². The maximum absolute atomic E-state index is 11.0. The molecular formula is C19H34N2O10S. The Hall–Kier alpha value is -2.04. The van der Waals surface area contributed by atoms with Crippen LogP contribution in [0.15, 0.2) is 49.2 Å². The second kappa shape index (κ2) is 14.2. The van der Waals surface area contributed by atoms with Gasteiger partial charge in [-0.15, -0.1) is 6.58 Å². The Kier molecular flexibility index (Phi) is 15.3. The number of nitrogens with zero attached hydrogens (tertiary/aromatic N) is 2. The predicted molar refractivity (Wildman–Crippen MR) is 121 cm³/mol. The molecule has 0 spiro atoms. The predicted octanol–water partition coefficient (Wildman–Crippen LogP) is -1.61. The number of hydrogen-bond acceptors (Lipinski definition) is 5. The fourth-order valence-electron chi connectivity index (χ4n) is 4.29. The third-order valence-electron chi connectivity index (χ3n) is 5.52. The van der Waals surface area contributed by atoms with Gasteiger partial charge in [-0.05, 0) is 48.9 Å². The summed E-state index contributed by atoms with van der Waals surface area (Å²) in [6.45, 7) is 6.11. The maximum Gasteiger partial charge on any atom is 0.394 e.